The molecule has 0 heterocycles. The fourth-order valence-corrected chi connectivity index (χ4v) is 4.46. The molecule has 0 aliphatic heterocycles. The first-order valence-electron chi connectivity index (χ1n) is 12.0. The average molecular weight is 613 g/mol. The molecule has 40 heavy (non-hydrogen) atoms. The predicted molar refractivity (Wildman–Crippen MR) is 137 cm³/mol. The second-order valence-corrected chi connectivity index (χ2v) is 11.7. The quantitative estimate of drug-likeness (QED) is 0.105. The molecule has 0 spiro atoms. The highest BCUT2D eigenvalue weighted by Gasteiger charge is 2.50. The van der Waals surface area contributed by atoms with Crippen LogP contribution in [-0.4, -0.2) is 27.9 Å². The molecule has 0 fully saturated rings. The van der Waals surface area contributed by atoms with E-state index in [0.29, 0.717) is 25.7 Å². The molecule has 2 aromatic carbocycles. The van der Waals surface area contributed by atoms with Crippen molar-refractivity contribution in [2.45, 2.75) is 77.2 Å². The normalized spacial score (nSPS) is 12.3. The van der Waals surface area contributed by atoms with E-state index < -0.39 is 42.8 Å². The van der Waals surface area contributed by atoms with Crippen LogP contribution in [0.3, 0.4) is 0 Å². The maximum absolute atomic E-state index is 13.2. The summed E-state index contributed by atoms with van der Waals surface area (Å²) in [5.41, 5.74) is -12.4. The van der Waals surface area contributed by atoms with Gasteiger partial charge in [0.2, 0.25) is 0 Å². The highest BCUT2D eigenvalue weighted by atomic mass is 32.2. The Morgan fingerprint density at radius 3 is 1.27 bits per heavy atom. The lowest BCUT2D eigenvalue weighted by Crippen LogP contribution is -2.29. The van der Waals surface area contributed by atoms with Crippen LogP contribution in [0.5, 0.6) is 11.5 Å². The summed E-state index contributed by atoms with van der Waals surface area (Å²) < 4.78 is 135. The Kier molecular flexibility index (Phi) is 10.4. The van der Waals surface area contributed by atoms with Crippen LogP contribution >= 0.6 is 0 Å². The van der Waals surface area contributed by atoms with Gasteiger partial charge in [-0.3, -0.25) is 0 Å². The third-order valence-electron chi connectivity index (χ3n) is 5.56. The Hall–Kier alpha value is -3.10. The molecule has 2 rings (SSSR count). The highest BCUT2D eigenvalue weighted by Crippen LogP contribution is 2.41. The van der Waals surface area contributed by atoms with Crippen molar-refractivity contribution in [1.82, 2.24) is 0 Å². The number of alkyl halides is 6. The van der Waals surface area contributed by atoms with Gasteiger partial charge in [-0.15, -0.1) is 0 Å². The van der Waals surface area contributed by atoms with Crippen molar-refractivity contribution in [2.75, 3.05) is 0 Å². The minimum atomic E-state index is -6.11. The van der Waals surface area contributed by atoms with Crippen molar-refractivity contribution >= 4 is 31.0 Å². The van der Waals surface area contributed by atoms with Crippen molar-refractivity contribution in [1.29, 1.82) is 0 Å². The number of rotatable bonds is 8. The van der Waals surface area contributed by atoms with Crippen LogP contribution in [0.15, 0.2) is 12.1 Å². The maximum atomic E-state index is 13.2. The zero-order chi connectivity index (χ0) is 30.5. The lowest BCUT2D eigenvalue weighted by atomic mass is 9.94. The number of hydrogen-bond acceptors (Lipinski definition) is 6. The molecule has 2 aromatic rings. The van der Waals surface area contributed by atoms with Gasteiger partial charge in [0.1, 0.15) is 0 Å². The Morgan fingerprint density at radius 2 is 1.00 bits per heavy atom. The van der Waals surface area contributed by atoms with Crippen LogP contribution in [0, 0.1) is 37.5 Å². The van der Waals surface area contributed by atoms with Crippen LogP contribution in [0.25, 0.3) is 10.8 Å². The highest BCUT2D eigenvalue weighted by molar-refractivity contribution is 7.88. The largest absolute Gasteiger partial charge is 0.534 e. The van der Waals surface area contributed by atoms with Crippen LogP contribution < -0.4 is 8.37 Å². The van der Waals surface area contributed by atoms with Gasteiger partial charge in [-0.1, -0.05) is 50.4 Å². The van der Waals surface area contributed by atoms with Gasteiger partial charge in [-0.05, 0) is 49.6 Å². The number of unbranched alkanes of at least 4 members (excludes halogenated alkanes) is 4. The molecule has 220 valence electrons. The Morgan fingerprint density at radius 1 is 0.675 bits per heavy atom. The molecule has 0 aliphatic carbocycles. The second-order valence-electron chi connectivity index (χ2n) is 8.63. The Bertz CT molecular complexity index is 1480. The van der Waals surface area contributed by atoms with E-state index >= 15 is 0 Å². The number of aryl methyl sites for hydroxylation is 2. The van der Waals surface area contributed by atoms with E-state index in [2.05, 4.69) is 32.0 Å². The van der Waals surface area contributed by atoms with Crippen molar-refractivity contribution in [3.05, 3.63) is 34.4 Å². The van der Waals surface area contributed by atoms with Gasteiger partial charge in [-0.25, -0.2) is 0 Å². The van der Waals surface area contributed by atoms with Crippen molar-refractivity contribution in [3.8, 4) is 35.2 Å². The second kappa shape index (κ2) is 12.6. The zero-order valence-electron chi connectivity index (χ0n) is 21.9. The van der Waals surface area contributed by atoms with E-state index in [-0.39, 0.29) is 33.0 Å². The van der Waals surface area contributed by atoms with E-state index in [0.717, 1.165) is 25.0 Å². The van der Waals surface area contributed by atoms with Gasteiger partial charge < -0.3 is 8.37 Å². The van der Waals surface area contributed by atoms with Crippen LogP contribution in [0.1, 0.15) is 74.6 Å². The summed E-state index contributed by atoms with van der Waals surface area (Å²) in [7, 11) is -12.2. The van der Waals surface area contributed by atoms with Crippen molar-refractivity contribution in [2.24, 2.45) is 0 Å². The van der Waals surface area contributed by atoms with Gasteiger partial charge in [0.05, 0.1) is 11.1 Å². The topological polar surface area (TPSA) is 86.7 Å². The first-order valence-corrected chi connectivity index (χ1v) is 14.8. The summed E-state index contributed by atoms with van der Waals surface area (Å²) in [4.78, 5) is 0. The molecule has 0 N–H and O–H groups in total. The fourth-order valence-electron chi connectivity index (χ4n) is 3.40. The summed E-state index contributed by atoms with van der Waals surface area (Å²) in [6.07, 6.45) is 3.36. The van der Waals surface area contributed by atoms with Crippen LogP contribution in [0.4, 0.5) is 26.3 Å². The molecule has 0 radical (unpaired) electrons. The molecule has 14 heteroatoms. The van der Waals surface area contributed by atoms with Gasteiger partial charge in [-0.2, -0.15) is 43.2 Å². The van der Waals surface area contributed by atoms with E-state index in [1.807, 2.05) is 13.8 Å². The summed E-state index contributed by atoms with van der Waals surface area (Å²) in [5.74, 6) is 9.07. The minimum Gasteiger partial charge on any atom is -0.374 e. The number of halogens is 6. The summed E-state index contributed by atoms with van der Waals surface area (Å²) in [6.45, 7) is 6.22. The lowest BCUT2D eigenvalue weighted by Gasteiger charge is -2.19. The molecular weight excluding hydrogens is 586 g/mol. The van der Waals surface area contributed by atoms with Gasteiger partial charge in [0.15, 0.2) is 11.5 Å². The molecule has 0 bridgehead atoms. The first-order chi connectivity index (χ1) is 18.4. The molecule has 6 nitrogen and oxygen atoms in total. The first kappa shape index (κ1) is 33.1. The van der Waals surface area contributed by atoms with E-state index in [1.54, 1.807) is 0 Å². The van der Waals surface area contributed by atoms with Crippen molar-refractivity contribution < 1.29 is 51.5 Å². The lowest BCUT2D eigenvalue weighted by molar-refractivity contribution is -0.0505. The van der Waals surface area contributed by atoms with Crippen LogP contribution in [0.2, 0.25) is 0 Å². The zero-order valence-corrected chi connectivity index (χ0v) is 23.6. The van der Waals surface area contributed by atoms with E-state index in [4.69, 9.17) is 0 Å². The smallest absolute Gasteiger partial charge is 0.374 e. The molecule has 0 saturated carbocycles. The molecule has 0 atom stereocenters. The summed E-state index contributed by atoms with van der Waals surface area (Å²) in [5, 5.41) is 0.0843. The summed E-state index contributed by atoms with van der Waals surface area (Å²) >= 11 is 0. The number of benzene rings is 2. The monoisotopic (exact) mass is 612 g/mol. The van der Waals surface area contributed by atoms with Gasteiger partial charge in [0.25, 0.3) is 0 Å². The molecule has 0 aromatic heterocycles. The molecule has 0 aliphatic rings. The van der Waals surface area contributed by atoms with Crippen molar-refractivity contribution in [3.63, 3.8) is 0 Å². The molecule has 0 unspecified atom stereocenters. The van der Waals surface area contributed by atoms with Gasteiger partial charge >= 0.3 is 31.3 Å². The third kappa shape index (κ3) is 7.55. The number of fused-ring (bicyclic) bond motifs is 1. The molecular formula is C26H26F6O6S2. The SMILES string of the molecule is CCCCC#Cc1cc2c(C)c(OS(=O)(=O)C(F)(F)F)c(C#CCCCC)cc2c(C)c1OS(=O)(=O)C(F)(F)F. The average Bonchev–Trinajstić information content (AvgIpc) is 2.83. The van der Waals surface area contributed by atoms with E-state index in [9.17, 15) is 43.2 Å². The molecule has 0 saturated heterocycles. The Balaban J connectivity index is 2.98. The third-order valence-corrected chi connectivity index (χ3v) is 7.46. The van der Waals surface area contributed by atoms with Crippen LogP contribution in [-0.2, 0) is 20.2 Å². The molecule has 0 amide bonds. The predicted octanol–water partition coefficient (Wildman–Crippen LogP) is 7.00. The van der Waals surface area contributed by atoms with Gasteiger partial charge in [0, 0.05) is 24.0 Å². The standard InChI is InChI=1S/C26H26F6O6S2/c1-5-7-9-11-13-19-15-21-18(4)24(38-40(35,36)26(30,31)32)20(14-12-10-8-6-2)16-22(21)17(3)23(19)37-39(33,34)25(27,28)29/h15-16H,5-10H2,1-4H3. The number of hydrogen-bond donors (Lipinski definition) is 0. The van der Waals surface area contributed by atoms with E-state index in [1.165, 1.54) is 13.8 Å². The Labute approximate surface area is 229 Å². The summed E-state index contributed by atoms with van der Waals surface area (Å²) in [6, 6.07) is 2.22. The fraction of sp³-hybridized carbons (Fsp3) is 0.462. The minimum absolute atomic E-state index is 0.0422. The maximum Gasteiger partial charge on any atom is 0.534 e.